The van der Waals surface area contributed by atoms with Crippen LogP contribution >= 0.6 is 0 Å². The lowest BCUT2D eigenvalue weighted by Gasteiger charge is -2.04. The molecule has 6 nitrogen and oxygen atoms in total. The lowest BCUT2D eigenvalue weighted by Crippen LogP contribution is -2.02. The normalized spacial score (nSPS) is 10.3. The summed E-state index contributed by atoms with van der Waals surface area (Å²) >= 11 is 0. The van der Waals surface area contributed by atoms with Gasteiger partial charge in [0.2, 0.25) is 0 Å². The molecule has 0 aliphatic carbocycles. The molecule has 0 aliphatic rings. The fourth-order valence-corrected chi connectivity index (χ4v) is 3.35. The van der Waals surface area contributed by atoms with E-state index in [0.29, 0.717) is 10.8 Å². The predicted molar refractivity (Wildman–Crippen MR) is 118 cm³/mol. The Morgan fingerprint density at radius 2 is 1.61 bits per heavy atom. The number of hydrogen-bond donors (Lipinski definition) is 1. The van der Waals surface area contributed by atoms with Crippen molar-refractivity contribution in [1.82, 2.24) is 9.97 Å². The number of benzene rings is 2. The number of aryl methyl sites for hydroxylation is 1. The minimum absolute atomic E-state index is 0.0790. The first kappa shape index (κ1) is 19.8. The van der Waals surface area contributed by atoms with Gasteiger partial charge in [0.1, 0.15) is 17.5 Å². The Hall–Kier alpha value is -4.50. The van der Waals surface area contributed by atoms with Gasteiger partial charge in [0.25, 0.3) is 0 Å². The molecule has 0 amide bonds. The third kappa shape index (κ3) is 4.11. The summed E-state index contributed by atoms with van der Waals surface area (Å²) in [5, 5.41) is 21.2. The van der Waals surface area contributed by atoms with Gasteiger partial charge in [-0.1, -0.05) is 48.5 Å². The van der Waals surface area contributed by atoms with Crippen molar-refractivity contribution in [2.45, 2.75) is 6.92 Å². The van der Waals surface area contributed by atoms with Gasteiger partial charge in [-0.05, 0) is 42.0 Å². The Kier molecular flexibility index (Phi) is 5.41. The van der Waals surface area contributed by atoms with E-state index < -0.39 is 5.97 Å². The maximum Gasteiger partial charge on any atom is 0.355 e. The largest absolute Gasteiger partial charge is 0.476 e. The molecule has 0 radical (unpaired) electrons. The Labute approximate surface area is 178 Å². The Morgan fingerprint density at radius 3 is 2.26 bits per heavy atom. The first-order valence-corrected chi connectivity index (χ1v) is 9.50. The molecule has 0 saturated heterocycles. The molecule has 5 aromatic rings. The minimum Gasteiger partial charge on any atom is -0.476 e. The third-order valence-electron chi connectivity index (χ3n) is 4.68. The van der Waals surface area contributed by atoms with Gasteiger partial charge in [-0.3, -0.25) is 0 Å². The van der Waals surface area contributed by atoms with E-state index in [2.05, 4.69) is 28.2 Å². The highest BCUT2D eigenvalue weighted by Gasteiger charge is 2.11. The standard InChI is InChI=1S/C14H11NO.C11H6N2O2/c1-10-9-11-5-2-3-6-12(11)14(15-10)13-7-4-8-16-13;12-6-8-5-7-3-1-2-4-9(7)10(13-8)11(14)15/h2-9H,1H3;1-5H,(H,14,15). The number of pyridine rings is 2. The highest BCUT2D eigenvalue weighted by molar-refractivity contribution is 6.02. The van der Waals surface area contributed by atoms with E-state index in [1.54, 1.807) is 36.6 Å². The van der Waals surface area contributed by atoms with Gasteiger partial charge in [0.15, 0.2) is 11.5 Å². The molecule has 0 fully saturated rings. The SMILES string of the molecule is Cc1cc2ccccc2c(-c2ccco2)n1.N#Cc1cc2ccccc2c(C(=O)O)n1. The van der Waals surface area contributed by atoms with Gasteiger partial charge in [-0.25, -0.2) is 14.8 Å². The number of carbonyl (C=O) groups is 1. The van der Waals surface area contributed by atoms with Crippen LogP contribution in [0.25, 0.3) is 33.0 Å². The van der Waals surface area contributed by atoms with Crippen molar-refractivity contribution in [2.75, 3.05) is 0 Å². The highest BCUT2D eigenvalue weighted by Crippen LogP contribution is 2.27. The van der Waals surface area contributed by atoms with Crippen LogP contribution in [-0.4, -0.2) is 21.0 Å². The Balaban J connectivity index is 0.000000150. The molecule has 3 heterocycles. The summed E-state index contributed by atoms with van der Waals surface area (Å²) in [4.78, 5) is 19.2. The average Bonchev–Trinajstić information content (AvgIpc) is 3.33. The molecular weight excluding hydrogens is 390 g/mol. The number of carboxylic acid groups (broad SMARTS) is 1. The van der Waals surface area contributed by atoms with Crippen molar-refractivity contribution in [3.05, 3.63) is 96.1 Å². The van der Waals surface area contributed by atoms with Crippen LogP contribution in [0.15, 0.2) is 83.5 Å². The van der Waals surface area contributed by atoms with Gasteiger partial charge in [-0.15, -0.1) is 0 Å². The number of nitriles is 1. The fourth-order valence-electron chi connectivity index (χ4n) is 3.35. The molecule has 2 aromatic carbocycles. The zero-order chi connectivity index (χ0) is 21.8. The highest BCUT2D eigenvalue weighted by atomic mass is 16.4. The fraction of sp³-hybridized carbons (Fsp3) is 0.0400. The molecule has 31 heavy (non-hydrogen) atoms. The van der Waals surface area contributed by atoms with E-state index in [1.807, 2.05) is 37.3 Å². The van der Waals surface area contributed by atoms with E-state index in [4.69, 9.17) is 14.8 Å². The predicted octanol–water partition coefficient (Wildman–Crippen LogP) is 5.61. The van der Waals surface area contributed by atoms with E-state index >= 15 is 0 Å². The number of aromatic carboxylic acids is 1. The van der Waals surface area contributed by atoms with Crippen molar-refractivity contribution >= 4 is 27.5 Å². The summed E-state index contributed by atoms with van der Waals surface area (Å²) in [6, 6.07) is 24.5. The third-order valence-corrected chi connectivity index (χ3v) is 4.68. The number of furan rings is 1. The molecule has 6 heteroatoms. The molecule has 0 unspecified atom stereocenters. The smallest absolute Gasteiger partial charge is 0.355 e. The van der Waals surface area contributed by atoms with Crippen LogP contribution in [0.2, 0.25) is 0 Å². The van der Waals surface area contributed by atoms with Crippen molar-refractivity contribution in [1.29, 1.82) is 5.26 Å². The van der Waals surface area contributed by atoms with Gasteiger partial charge in [-0.2, -0.15) is 5.26 Å². The summed E-state index contributed by atoms with van der Waals surface area (Å²) in [5.74, 6) is -0.303. The summed E-state index contributed by atoms with van der Waals surface area (Å²) in [6.45, 7) is 2.00. The van der Waals surface area contributed by atoms with Crippen molar-refractivity contribution < 1.29 is 14.3 Å². The van der Waals surface area contributed by atoms with Crippen molar-refractivity contribution in [3.63, 3.8) is 0 Å². The molecule has 0 saturated carbocycles. The van der Waals surface area contributed by atoms with E-state index in [0.717, 1.165) is 22.5 Å². The zero-order valence-corrected chi connectivity index (χ0v) is 16.6. The minimum atomic E-state index is -1.12. The number of hydrogen-bond acceptors (Lipinski definition) is 5. The number of aromatic nitrogens is 2. The molecule has 0 bridgehead atoms. The number of nitrogens with zero attached hydrogens (tertiary/aromatic N) is 3. The maximum atomic E-state index is 10.9. The lowest BCUT2D eigenvalue weighted by molar-refractivity contribution is 0.0693. The molecule has 1 N–H and O–H groups in total. The summed E-state index contributed by atoms with van der Waals surface area (Å²) in [6.07, 6.45) is 1.67. The Morgan fingerprint density at radius 1 is 0.935 bits per heavy atom. The molecule has 0 spiro atoms. The average molecular weight is 407 g/mol. The maximum absolute atomic E-state index is 10.9. The van der Waals surface area contributed by atoms with Crippen LogP contribution in [0.5, 0.6) is 0 Å². The molecular formula is C25H17N3O3. The van der Waals surface area contributed by atoms with E-state index in [1.165, 1.54) is 5.39 Å². The van der Waals surface area contributed by atoms with Crippen LogP contribution in [-0.2, 0) is 0 Å². The van der Waals surface area contributed by atoms with Gasteiger partial charge >= 0.3 is 5.97 Å². The Bertz CT molecular complexity index is 1430. The first-order chi connectivity index (χ1) is 15.1. The molecule has 150 valence electrons. The number of carboxylic acids is 1. The van der Waals surface area contributed by atoms with Crippen molar-refractivity contribution in [2.24, 2.45) is 0 Å². The van der Waals surface area contributed by atoms with E-state index in [9.17, 15) is 4.79 Å². The van der Waals surface area contributed by atoms with Crippen molar-refractivity contribution in [3.8, 4) is 17.5 Å². The summed E-state index contributed by atoms with van der Waals surface area (Å²) in [5.41, 5.74) is 1.96. The van der Waals surface area contributed by atoms with E-state index in [-0.39, 0.29) is 11.4 Å². The second-order valence-corrected chi connectivity index (χ2v) is 6.80. The quantitative estimate of drug-likeness (QED) is 0.408. The number of fused-ring (bicyclic) bond motifs is 2. The molecule has 0 atom stereocenters. The van der Waals surface area contributed by atoms with Gasteiger partial charge in [0, 0.05) is 16.5 Å². The second-order valence-electron chi connectivity index (χ2n) is 6.80. The summed E-state index contributed by atoms with van der Waals surface area (Å²) < 4.78 is 5.42. The molecule has 5 rings (SSSR count). The van der Waals surface area contributed by atoms with Crippen LogP contribution in [0.4, 0.5) is 0 Å². The summed E-state index contributed by atoms with van der Waals surface area (Å²) in [7, 11) is 0. The van der Waals surface area contributed by atoms with Crippen LogP contribution in [0.3, 0.4) is 0 Å². The van der Waals surface area contributed by atoms with Gasteiger partial charge < -0.3 is 9.52 Å². The van der Waals surface area contributed by atoms with Gasteiger partial charge in [0.05, 0.1) is 6.26 Å². The molecule has 3 aromatic heterocycles. The lowest BCUT2D eigenvalue weighted by atomic mass is 10.1. The van der Waals surface area contributed by atoms with Crippen LogP contribution in [0.1, 0.15) is 21.9 Å². The second kappa shape index (κ2) is 8.47. The van der Waals surface area contributed by atoms with Crippen LogP contribution in [0, 0.1) is 18.3 Å². The monoisotopic (exact) mass is 407 g/mol. The zero-order valence-electron chi connectivity index (χ0n) is 16.6. The van der Waals surface area contributed by atoms with Crippen LogP contribution < -0.4 is 0 Å². The first-order valence-electron chi connectivity index (χ1n) is 9.50. The topological polar surface area (TPSA) is 100 Å². The molecule has 0 aliphatic heterocycles. The number of rotatable bonds is 2.